The summed E-state index contributed by atoms with van der Waals surface area (Å²) >= 11 is 0. The van der Waals surface area contributed by atoms with Gasteiger partial charge >= 0.3 is 44.8 Å². The van der Waals surface area contributed by atoms with Crippen molar-refractivity contribution in [3.05, 3.63) is 13.8 Å². The van der Waals surface area contributed by atoms with E-state index in [0.29, 0.717) is 0 Å². The molecule has 0 saturated heterocycles. The molecule has 0 N–H and O–H groups in total. The molecule has 6 heteroatoms. The first kappa shape index (κ1) is 55.7. The summed E-state index contributed by atoms with van der Waals surface area (Å²) in [4.78, 5) is 0. The first-order chi connectivity index (χ1) is 15.5. The van der Waals surface area contributed by atoms with E-state index in [2.05, 4.69) is 27.7 Å². The Morgan fingerprint density at radius 2 is 0.559 bits per heavy atom. The molecule has 0 saturated carbocycles. The minimum atomic E-state index is 0. The van der Waals surface area contributed by atoms with E-state index in [9.17, 15) is 20.4 Å². The van der Waals surface area contributed by atoms with E-state index in [0.717, 1.165) is 64.2 Å². The van der Waals surface area contributed by atoms with Crippen LogP contribution in [0.4, 0.5) is 0 Å². The zero-order valence-electron chi connectivity index (χ0n) is 24.4. The van der Waals surface area contributed by atoms with Crippen LogP contribution in [0.15, 0.2) is 0 Å². The second kappa shape index (κ2) is 83.8. The molecule has 34 heavy (non-hydrogen) atoms. The number of hydrogen-bond acceptors (Lipinski definition) is 4. The van der Waals surface area contributed by atoms with Gasteiger partial charge in [0.25, 0.3) is 0 Å². The van der Waals surface area contributed by atoms with Crippen LogP contribution in [-0.4, -0.2) is 49.5 Å². The Morgan fingerprint density at radius 3 is 0.588 bits per heavy atom. The number of unbranched alkanes of at least 4 members (excludes halogenated alkanes) is 10. The fraction of sp³-hybridized carbons (Fsp3) is 0.929. The van der Waals surface area contributed by atoms with Gasteiger partial charge in [0.1, 0.15) is 0 Å². The van der Waals surface area contributed by atoms with Crippen LogP contribution in [0, 0.1) is 13.8 Å². The quantitative estimate of drug-likeness (QED) is 0.178. The second-order valence-electron chi connectivity index (χ2n) is 7.35. The van der Waals surface area contributed by atoms with Gasteiger partial charge < -0.3 is 34.3 Å². The average molecular weight is 535 g/mol. The van der Waals surface area contributed by atoms with E-state index in [1.54, 1.807) is 0 Å². The van der Waals surface area contributed by atoms with Crippen LogP contribution in [0.1, 0.15) is 144 Å². The van der Waals surface area contributed by atoms with Gasteiger partial charge in [0.05, 0.1) is 0 Å². The van der Waals surface area contributed by atoms with Crippen LogP contribution in [0.2, 0.25) is 0 Å². The monoisotopic (exact) mass is 534 g/mol. The van der Waals surface area contributed by atoms with Crippen molar-refractivity contribution in [1.29, 1.82) is 0 Å². The van der Waals surface area contributed by atoms with Crippen molar-refractivity contribution >= 4 is 23.1 Å². The Bertz CT molecular complexity index is 155. The zero-order chi connectivity index (χ0) is 26.1. The van der Waals surface area contributed by atoms with Gasteiger partial charge in [0.15, 0.2) is 0 Å². The average Bonchev–Trinajstić information content (AvgIpc) is 2.80. The summed E-state index contributed by atoms with van der Waals surface area (Å²) < 4.78 is 0. The van der Waals surface area contributed by atoms with Crippen molar-refractivity contribution in [2.24, 2.45) is 0 Å². The first-order valence-corrected chi connectivity index (χ1v) is 13.4. The van der Waals surface area contributed by atoms with Crippen molar-refractivity contribution in [1.82, 2.24) is 0 Å². The van der Waals surface area contributed by atoms with Gasteiger partial charge in [-0.25, -0.2) is 0 Å². The molecule has 0 aromatic rings. The molecule has 0 rings (SSSR count). The van der Waals surface area contributed by atoms with E-state index in [4.69, 9.17) is 0 Å². The summed E-state index contributed by atoms with van der Waals surface area (Å²) in [7, 11) is 0. The summed E-state index contributed by atoms with van der Waals surface area (Å²) in [6.45, 7) is 20.3. The molecule has 0 aliphatic rings. The Kier molecular flexibility index (Phi) is 137. The molecule has 0 aliphatic carbocycles. The van der Waals surface area contributed by atoms with Crippen LogP contribution >= 0.6 is 0 Å². The standard InChI is InChI=1S/2C6H13.4C4H9O.Mg.Ti/c2*1-3-5-6-4-2;4*1-2-3-4-5;;/h2*1,3-6H2,2H3;4*2-4H2,1H3;;/q6*-1;+2;+4. The maximum atomic E-state index is 9.53. The molecule has 0 amide bonds. The summed E-state index contributed by atoms with van der Waals surface area (Å²) in [6.07, 6.45) is 17.6. The molecule has 0 aromatic carbocycles. The Hall–Kier alpha value is 1.32. The molecule has 0 radical (unpaired) electrons. The fourth-order valence-corrected chi connectivity index (χ4v) is 1.43. The molecular weight excluding hydrogens is 472 g/mol. The summed E-state index contributed by atoms with van der Waals surface area (Å²) in [5.74, 6) is 0. The van der Waals surface area contributed by atoms with Gasteiger partial charge in [0, 0.05) is 0 Å². The van der Waals surface area contributed by atoms with Gasteiger partial charge in [-0.2, -0.15) is 12.8 Å². The normalized spacial score (nSPS) is 8.12. The van der Waals surface area contributed by atoms with Gasteiger partial charge in [-0.3, -0.25) is 0 Å². The first-order valence-electron chi connectivity index (χ1n) is 13.4. The van der Waals surface area contributed by atoms with Gasteiger partial charge in [0.2, 0.25) is 0 Å². The molecule has 204 valence electrons. The van der Waals surface area contributed by atoms with E-state index < -0.39 is 0 Å². The Morgan fingerprint density at radius 1 is 0.382 bits per heavy atom. The van der Waals surface area contributed by atoms with Gasteiger partial charge in [-0.15, -0.1) is 26.4 Å². The minimum absolute atomic E-state index is 0. The molecule has 0 spiro atoms. The molecule has 0 unspecified atom stereocenters. The van der Waals surface area contributed by atoms with E-state index >= 15 is 0 Å². The summed E-state index contributed by atoms with van der Waals surface area (Å²) in [5, 5.41) is 38.1. The molecule has 0 atom stereocenters. The van der Waals surface area contributed by atoms with E-state index in [1.807, 2.05) is 27.7 Å². The predicted molar refractivity (Wildman–Crippen MR) is 144 cm³/mol. The largest absolute Gasteiger partial charge is 4.00 e. The molecule has 4 nitrogen and oxygen atoms in total. The van der Waals surface area contributed by atoms with Crippen molar-refractivity contribution in [3.63, 3.8) is 0 Å². The molecule has 0 bridgehead atoms. The summed E-state index contributed by atoms with van der Waals surface area (Å²) in [5.41, 5.74) is 0. The van der Waals surface area contributed by atoms with Crippen LogP contribution in [0.25, 0.3) is 0 Å². The van der Waals surface area contributed by atoms with Crippen molar-refractivity contribution in [3.8, 4) is 0 Å². The minimum Gasteiger partial charge on any atom is -0.854 e. The fourth-order valence-electron chi connectivity index (χ4n) is 1.43. The summed E-state index contributed by atoms with van der Waals surface area (Å²) in [6, 6.07) is 0. The second-order valence-corrected chi connectivity index (χ2v) is 7.35. The maximum absolute atomic E-state index is 9.53. The maximum Gasteiger partial charge on any atom is 4.00 e. The predicted octanol–water partition coefficient (Wildman–Crippen LogP) is 5.01. The van der Waals surface area contributed by atoms with Gasteiger partial charge in [-0.05, 0) is 0 Å². The van der Waals surface area contributed by atoms with Gasteiger partial charge in [-0.1, -0.05) is 131 Å². The molecule has 0 aliphatic heterocycles. The van der Waals surface area contributed by atoms with E-state index in [-0.39, 0.29) is 71.2 Å². The zero-order valence-corrected chi connectivity index (χ0v) is 27.4. The van der Waals surface area contributed by atoms with Crippen molar-refractivity contribution < 1.29 is 42.1 Å². The van der Waals surface area contributed by atoms with Crippen LogP contribution < -0.4 is 20.4 Å². The third-order valence-electron chi connectivity index (χ3n) is 3.70. The number of hydrogen-bond donors (Lipinski definition) is 0. The van der Waals surface area contributed by atoms with Crippen molar-refractivity contribution in [2.45, 2.75) is 144 Å². The Labute approximate surface area is 248 Å². The molecule has 0 fully saturated rings. The Balaban J connectivity index is -0.0000000394. The van der Waals surface area contributed by atoms with E-state index in [1.165, 1.54) is 38.5 Å². The molecule has 0 aromatic heterocycles. The number of rotatable bonds is 14. The SMILES string of the molecule is CCCC[O-].CCCC[O-].CCCC[O-].CCCC[O-].[CH2-]CCCCC.[CH2-]CCCCC.[Mg+2].[Ti+4]. The van der Waals surface area contributed by atoms with Crippen LogP contribution in [0.5, 0.6) is 0 Å². The molecular formula is C28H62MgO4Ti. The molecule has 0 heterocycles. The van der Waals surface area contributed by atoms with Crippen molar-refractivity contribution in [2.75, 3.05) is 26.4 Å². The van der Waals surface area contributed by atoms with Crippen LogP contribution in [0.3, 0.4) is 0 Å². The smallest absolute Gasteiger partial charge is 0.854 e. The topological polar surface area (TPSA) is 92.2 Å². The van der Waals surface area contributed by atoms with Crippen LogP contribution in [-0.2, 0) is 21.7 Å². The third kappa shape index (κ3) is 148. The third-order valence-corrected chi connectivity index (χ3v) is 3.70.